The first kappa shape index (κ1) is 12.8. The van der Waals surface area contributed by atoms with Crippen molar-refractivity contribution in [2.75, 3.05) is 0 Å². The Balaban J connectivity index is 3.16. The van der Waals surface area contributed by atoms with Crippen LogP contribution >= 0.6 is 0 Å². The van der Waals surface area contributed by atoms with Gasteiger partial charge in [0.15, 0.2) is 0 Å². The highest BCUT2D eigenvalue weighted by Gasteiger charge is 2.10. The summed E-state index contributed by atoms with van der Waals surface area (Å²) < 4.78 is 30.8. The lowest BCUT2D eigenvalue weighted by Crippen LogP contribution is -1.99. The molecule has 0 bridgehead atoms. The molecule has 16 heavy (non-hydrogen) atoms. The molecule has 0 fully saturated rings. The van der Waals surface area contributed by atoms with Gasteiger partial charge in [0.2, 0.25) is 0 Å². The molecule has 0 saturated heterocycles. The Kier molecular flexibility index (Phi) is 4.11. The Morgan fingerprint density at radius 1 is 1.38 bits per heavy atom. The second-order valence-corrected chi connectivity index (χ2v) is 4.93. The molecule has 3 nitrogen and oxygen atoms in total. The van der Waals surface area contributed by atoms with Crippen molar-refractivity contribution in [3.8, 4) is 11.8 Å². The molecular weight excluding hydrogens is 224 g/mol. The third kappa shape index (κ3) is 3.37. The molecule has 0 amide bonds. The van der Waals surface area contributed by atoms with Gasteiger partial charge < -0.3 is 0 Å². The van der Waals surface area contributed by atoms with E-state index in [2.05, 4.69) is 11.8 Å². The molecule has 4 heteroatoms. The first-order valence-electron chi connectivity index (χ1n) is 5.02. The number of hydrogen-bond acceptors (Lipinski definition) is 2. The summed E-state index contributed by atoms with van der Waals surface area (Å²) >= 11 is 0. The van der Waals surface area contributed by atoms with Crippen molar-refractivity contribution in [1.82, 2.24) is 0 Å². The van der Waals surface area contributed by atoms with E-state index >= 15 is 0 Å². The van der Waals surface area contributed by atoms with E-state index in [4.69, 9.17) is 4.55 Å². The lowest BCUT2D eigenvalue weighted by Gasteiger charge is -2.01. The van der Waals surface area contributed by atoms with Crippen LogP contribution in [0.1, 0.15) is 30.9 Å². The van der Waals surface area contributed by atoms with Crippen LogP contribution in [0.15, 0.2) is 23.1 Å². The predicted octanol–water partition coefficient (Wildman–Crippen LogP) is 2.39. The van der Waals surface area contributed by atoms with Crippen molar-refractivity contribution in [3.63, 3.8) is 0 Å². The van der Waals surface area contributed by atoms with Crippen LogP contribution in [0.3, 0.4) is 0 Å². The second-order valence-electron chi connectivity index (χ2n) is 3.50. The summed E-state index contributed by atoms with van der Waals surface area (Å²) in [5.41, 5.74) is 1.54. The SMILES string of the molecule is CCCC#Cc1cc(S(=O)(=O)O)ccc1C. The maximum absolute atomic E-state index is 10.9. The zero-order valence-corrected chi connectivity index (χ0v) is 10.1. The van der Waals surface area contributed by atoms with Gasteiger partial charge in [-0.3, -0.25) is 4.55 Å². The third-order valence-electron chi connectivity index (χ3n) is 2.10. The molecule has 0 aliphatic heterocycles. The van der Waals surface area contributed by atoms with Crippen LogP contribution in [0.25, 0.3) is 0 Å². The Labute approximate surface area is 96.2 Å². The van der Waals surface area contributed by atoms with Crippen molar-refractivity contribution in [3.05, 3.63) is 29.3 Å². The molecule has 0 atom stereocenters. The number of benzene rings is 1. The summed E-state index contributed by atoms with van der Waals surface area (Å²) in [7, 11) is -4.14. The van der Waals surface area contributed by atoms with Gasteiger partial charge in [-0.25, -0.2) is 0 Å². The average molecular weight is 238 g/mol. The summed E-state index contributed by atoms with van der Waals surface area (Å²) in [6, 6.07) is 4.40. The van der Waals surface area contributed by atoms with E-state index in [1.165, 1.54) is 12.1 Å². The highest BCUT2D eigenvalue weighted by Crippen LogP contribution is 2.14. The molecule has 1 rings (SSSR count). The smallest absolute Gasteiger partial charge is 0.282 e. The average Bonchev–Trinajstić information content (AvgIpc) is 2.19. The van der Waals surface area contributed by atoms with E-state index in [0.29, 0.717) is 5.56 Å². The number of hydrogen-bond donors (Lipinski definition) is 1. The minimum absolute atomic E-state index is 0.112. The minimum atomic E-state index is -4.14. The van der Waals surface area contributed by atoms with E-state index in [-0.39, 0.29) is 4.90 Å². The molecule has 0 aromatic heterocycles. The predicted molar refractivity (Wildman–Crippen MR) is 62.8 cm³/mol. The molecule has 0 aliphatic rings. The first-order chi connectivity index (χ1) is 7.45. The molecule has 0 radical (unpaired) electrons. The van der Waals surface area contributed by atoms with E-state index in [1.54, 1.807) is 6.07 Å². The largest absolute Gasteiger partial charge is 0.294 e. The Bertz CT molecular complexity index is 533. The fourth-order valence-electron chi connectivity index (χ4n) is 1.18. The number of rotatable bonds is 2. The summed E-state index contributed by atoms with van der Waals surface area (Å²) in [5, 5.41) is 0. The summed E-state index contributed by atoms with van der Waals surface area (Å²) in [5.74, 6) is 5.85. The Hall–Kier alpha value is -1.31. The van der Waals surface area contributed by atoms with Crippen LogP contribution in [0.4, 0.5) is 0 Å². The third-order valence-corrected chi connectivity index (χ3v) is 2.95. The van der Waals surface area contributed by atoms with E-state index in [1.807, 2.05) is 13.8 Å². The van der Waals surface area contributed by atoms with Crippen LogP contribution in [0.5, 0.6) is 0 Å². The Morgan fingerprint density at radius 2 is 2.06 bits per heavy atom. The quantitative estimate of drug-likeness (QED) is 0.635. The molecule has 1 aromatic carbocycles. The van der Waals surface area contributed by atoms with Crippen LogP contribution in [0, 0.1) is 18.8 Å². The van der Waals surface area contributed by atoms with Crippen LogP contribution in [-0.2, 0) is 10.1 Å². The Morgan fingerprint density at radius 3 is 2.62 bits per heavy atom. The molecule has 0 spiro atoms. The highest BCUT2D eigenvalue weighted by molar-refractivity contribution is 7.85. The van der Waals surface area contributed by atoms with Crippen molar-refractivity contribution < 1.29 is 13.0 Å². The molecule has 1 N–H and O–H groups in total. The van der Waals surface area contributed by atoms with Crippen molar-refractivity contribution in [1.29, 1.82) is 0 Å². The maximum Gasteiger partial charge on any atom is 0.294 e. The maximum atomic E-state index is 10.9. The van der Waals surface area contributed by atoms with Gasteiger partial charge in [-0.15, -0.1) is 0 Å². The van der Waals surface area contributed by atoms with Crippen LogP contribution in [0.2, 0.25) is 0 Å². The molecule has 0 saturated carbocycles. The molecule has 0 unspecified atom stereocenters. The van der Waals surface area contributed by atoms with Gasteiger partial charge in [0.05, 0.1) is 4.90 Å². The lowest BCUT2D eigenvalue weighted by atomic mass is 10.1. The standard InChI is InChI=1S/C12H14O3S/c1-3-4-5-6-11-9-12(16(13,14)15)8-7-10(11)2/h7-9H,3-4H2,1-2H3,(H,13,14,15). The zero-order valence-electron chi connectivity index (χ0n) is 9.32. The van der Waals surface area contributed by atoms with Gasteiger partial charge in [0.1, 0.15) is 0 Å². The van der Waals surface area contributed by atoms with Crippen LogP contribution in [-0.4, -0.2) is 13.0 Å². The number of aryl methyl sites for hydroxylation is 1. The van der Waals surface area contributed by atoms with Crippen LogP contribution < -0.4 is 0 Å². The molecule has 0 aliphatic carbocycles. The monoisotopic (exact) mass is 238 g/mol. The van der Waals surface area contributed by atoms with E-state index in [9.17, 15) is 8.42 Å². The van der Waals surface area contributed by atoms with E-state index in [0.717, 1.165) is 18.4 Å². The fourth-order valence-corrected chi connectivity index (χ4v) is 1.69. The topological polar surface area (TPSA) is 54.4 Å². The lowest BCUT2D eigenvalue weighted by molar-refractivity contribution is 0.483. The van der Waals surface area contributed by atoms with Crippen molar-refractivity contribution in [2.45, 2.75) is 31.6 Å². The highest BCUT2D eigenvalue weighted by atomic mass is 32.2. The molecule has 0 heterocycles. The van der Waals surface area contributed by atoms with E-state index < -0.39 is 10.1 Å². The zero-order chi connectivity index (χ0) is 12.2. The molecule has 1 aromatic rings. The second kappa shape index (κ2) is 5.15. The van der Waals surface area contributed by atoms with Gasteiger partial charge in [0.25, 0.3) is 10.1 Å². The van der Waals surface area contributed by atoms with Crippen molar-refractivity contribution >= 4 is 10.1 Å². The van der Waals surface area contributed by atoms with Gasteiger partial charge in [-0.2, -0.15) is 8.42 Å². The molecule has 86 valence electrons. The van der Waals surface area contributed by atoms with Gasteiger partial charge in [0, 0.05) is 12.0 Å². The summed E-state index contributed by atoms with van der Waals surface area (Å²) in [4.78, 5) is -0.112. The van der Waals surface area contributed by atoms with Gasteiger partial charge >= 0.3 is 0 Å². The summed E-state index contributed by atoms with van der Waals surface area (Å²) in [6.45, 7) is 3.87. The van der Waals surface area contributed by atoms with Gasteiger partial charge in [-0.1, -0.05) is 24.8 Å². The van der Waals surface area contributed by atoms with Gasteiger partial charge in [-0.05, 0) is 31.0 Å². The minimum Gasteiger partial charge on any atom is -0.282 e. The van der Waals surface area contributed by atoms with Crippen molar-refractivity contribution in [2.24, 2.45) is 0 Å². The number of unbranched alkanes of at least 4 members (excludes halogenated alkanes) is 1. The molecular formula is C12H14O3S. The normalized spacial score (nSPS) is 10.7. The fraction of sp³-hybridized carbons (Fsp3) is 0.333. The first-order valence-corrected chi connectivity index (χ1v) is 6.46. The summed E-state index contributed by atoms with van der Waals surface area (Å²) in [6.07, 6.45) is 1.74.